The summed E-state index contributed by atoms with van der Waals surface area (Å²) in [6.45, 7) is 4.11. The Morgan fingerprint density at radius 1 is 1.10 bits per heavy atom. The molecular formula is C15H21N3O3. The Morgan fingerprint density at radius 2 is 1.67 bits per heavy atom. The van der Waals surface area contributed by atoms with E-state index in [4.69, 9.17) is 10.5 Å². The van der Waals surface area contributed by atoms with Gasteiger partial charge in [-0.2, -0.15) is 0 Å². The van der Waals surface area contributed by atoms with E-state index in [-0.39, 0.29) is 25.0 Å². The Hall–Kier alpha value is -2.08. The molecule has 2 amide bonds. The Labute approximate surface area is 124 Å². The molecule has 0 unspecified atom stereocenters. The van der Waals surface area contributed by atoms with Gasteiger partial charge in [-0.05, 0) is 18.6 Å². The van der Waals surface area contributed by atoms with E-state index in [2.05, 4.69) is 0 Å². The molecule has 1 aromatic rings. The fraction of sp³-hybridized carbons (Fsp3) is 0.467. The Kier molecular flexibility index (Phi) is 5.16. The van der Waals surface area contributed by atoms with Crippen LogP contribution in [-0.2, 0) is 9.59 Å². The SMILES string of the molecule is Cc1ccccc1OCC(=O)N1CCN(C(=O)CN)CC1. The summed E-state index contributed by atoms with van der Waals surface area (Å²) in [6, 6.07) is 7.60. The van der Waals surface area contributed by atoms with Gasteiger partial charge < -0.3 is 20.3 Å². The third kappa shape index (κ3) is 3.95. The lowest BCUT2D eigenvalue weighted by Gasteiger charge is -2.34. The number of benzene rings is 1. The normalized spacial score (nSPS) is 15.0. The molecule has 1 aliphatic rings. The maximum atomic E-state index is 12.1. The fourth-order valence-electron chi connectivity index (χ4n) is 2.28. The summed E-state index contributed by atoms with van der Waals surface area (Å²) in [5.41, 5.74) is 6.34. The lowest BCUT2D eigenvalue weighted by atomic mass is 10.2. The maximum Gasteiger partial charge on any atom is 0.260 e. The number of carbonyl (C=O) groups excluding carboxylic acids is 2. The summed E-state index contributed by atoms with van der Waals surface area (Å²) < 4.78 is 5.56. The number of para-hydroxylation sites is 1. The fourth-order valence-corrected chi connectivity index (χ4v) is 2.28. The summed E-state index contributed by atoms with van der Waals surface area (Å²) in [7, 11) is 0. The van der Waals surface area contributed by atoms with Crippen LogP contribution in [0.25, 0.3) is 0 Å². The number of piperazine rings is 1. The quantitative estimate of drug-likeness (QED) is 0.847. The lowest BCUT2D eigenvalue weighted by molar-refractivity contribution is -0.140. The molecule has 0 aromatic heterocycles. The van der Waals surface area contributed by atoms with Gasteiger partial charge in [0, 0.05) is 26.2 Å². The zero-order chi connectivity index (χ0) is 15.2. The average Bonchev–Trinajstić information content (AvgIpc) is 2.53. The number of nitrogens with two attached hydrogens (primary N) is 1. The Morgan fingerprint density at radius 3 is 2.24 bits per heavy atom. The molecule has 0 aliphatic carbocycles. The smallest absolute Gasteiger partial charge is 0.260 e. The number of hydrogen-bond acceptors (Lipinski definition) is 4. The molecule has 0 saturated carbocycles. The molecule has 1 saturated heterocycles. The minimum atomic E-state index is -0.0711. The number of amides is 2. The van der Waals surface area contributed by atoms with Gasteiger partial charge in [-0.15, -0.1) is 0 Å². The second-order valence-corrected chi connectivity index (χ2v) is 5.02. The van der Waals surface area contributed by atoms with Crippen LogP contribution < -0.4 is 10.5 Å². The Bertz CT molecular complexity index is 511. The van der Waals surface area contributed by atoms with Crippen LogP contribution in [-0.4, -0.2) is 60.9 Å². The van der Waals surface area contributed by atoms with Crippen LogP contribution in [0.3, 0.4) is 0 Å². The number of ether oxygens (including phenoxy) is 1. The van der Waals surface area contributed by atoms with Gasteiger partial charge in [-0.25, -0.2) is 0 Å². The van der Waals surface area contributed by atoms with Gasteiger partial charge in [0.15, 0.2) is 6.61 Å². The third-order valence-electron chi connectivity index (χ3n) is 3.60. The molecule has 6 heteroatoms. The zero-order valence-corrected chi connectivity index (χ0v) is 12.2. The Balaban J connectivity index is 1.80. The largest absolute Gasteiger partial charge is 0.484 e. The molecule has 2 rings (SSSR count). The summed E-state index contributed by atoms with van der Waals surface area (Å²) in [5, 5.41) is 0. The first-order chi connectivity index (χ1) is 10.1. The molecule has 0 atom stereocenters. The van der Waals surface area contributed by atoms with Gasteiger partial charge in [0.2, 0.25) is 5.91 Å². The molecule has 114 valence electrons. The summed E-state index contributed by atoms with van der Waals surface area (Å²) in [4.78, 5) is 27.0. The maximum absolute atomic E-state index is 12.1. The topological polar surface area (TPSA) is 75.9 Å². The van der Waals surface area contributed by atoms with Crippen LogP contribution in [0.5, 0.6) is 5.75 Å². The molecule has 6 nitrogen and oxygen atoms in total. The van der Waals surface area contributed by atoms with Crippen molar-refractivity contribution in [1.29, 1.82) is 0 Å². The minimum Gasteiger partial charge on any atom is -0.484 e. The van der Waals surface area contributed by atoms with Crippen LogP contribution >= 0.6 is 0 Å². The van der Waals surface area contributed by atoms with Crippen molar-refractivity contribution >= 4 is 11.8 Å². The molecule has 1 heterocycles. The van der Waals surface area contributed by atoms with E-state index in [1.807, 2.05) is 31.2 Å². The summed E-state index contributed by atoms with van der Waals surface area (Å²) in [6.07, 6.45) is 0. The highest BCUT2D eigenvalue weighted by atomic mass is 16.5. The van der Waals surface area contributed by atoms with Gasteiger partial charge in [0.1, 0.15) is 5.75 Å². The van der Waals surface area contributed by atoms with Crippen molar-refractivity contribution in [2.45, 2.75) is 6.92 Å². The standard InChI is InChI=1S/C15H21N3O3/c1-12-4-2-3-5-13(12)21-11-15(20)18-8-6-17(7-9-18)14(19)10-16/h2-5H,6-11,16H2,1H3. The predicted molar refractivity (Wildman–Crippen MR) is 78.9 cm³/mol. The first-order valence-electron chi connectivity index (χ1n) is 7.06. The lowest BCUT2D eigenvalue weighted by Crippen LogP contribution is -2.52. The third-order valence-corrected chi connectivity index (χ3v) is 3.60. The van der Waals surface area contributed by atoms with Crippen molar-refractivity contribution < 1.29 is 14.3 Å². The summed E-state index contributed by atoms with van der Waals surface area (Å²) in [5.74, 6) is 0.596. The number of carbonyl (C=O) groups is 2. The molecule has 1 aliphatic heterocycles. The predicted octanol–water partition coefficient (Wildman–Crippen LogP) is 0.00332. The van der Waals surface area contributed by atoms with Crippen LogP contribution in [0.2, 0.25) is 0 Å². The first-order valence-corrected chi connectivity index (χ1v) is 7.06. The average molecular weight is 291 g/mol. The highest BCUT2D eigenvalue weighted by molar-refractivity contribution is 5.80. The number of nitrogens with zero attached hydrogens (tertiary/aromatic N) is 2. The van der Waals surface area contributed by atoms with Crippen molar-refractivity contribution in [3.8, 4) is 5.75 Å². The second kappa shape index (κ2) is 7.08. The zero-order valence-electron chi connectivity index (χ0n) is 12.2. The molecule has 1 fully saturated rings. The summed E-state index contributed by atoms with van der Waals surface area (Å²) >= 11 is 0. The highest BCUT2D eigenvalue weighted by Gasteiger charge is 2.23. The van der Waals surface area contributed by atoms with Crippen molar-refractivity contribution in [3.63, 3.8) is 0 Å². The van der Waals surface area contributed by atoms with Crippen LogP contribution in [0.1, 0.15) is 5.56 Å². The molecule has 0 spiro atoms. The van der Waals surface area contributed by atoms with Crippen molar-refractivity contribution in [3.05, 3.63) is 29.8 Å². The number of hydrogen-bond donors (Lipinski definition) is 1. The van der Waals surface area contributed by atoms with E-state index in [0.717, 1.165) is 11.3 Å². The van der Waals surface area contributed by atoms with Gasteiger partial charge in [0.25, 0.3) is 5.91 Å². The van der Waals surface area contributed by atoms with E-state index in [9.17, 15) is 9.59 Å². The van der Waals surface area contributed by atoms with E-state index in [1.165, 1.54) is 0 Å². The van der Waals surface area contributed by atoms with E-state index >= 15 is 0 Å². The molecule has 2 N–H and O–H groups in total. The molecule has 0 bridgehead atoms. The van der Waals surface area contributed by atoms with E-state index < -0.39 is 0 Å². The first kappa shape index (κ1) is 15.3. The molecule has 0 radical (unpaired) electrons. The van der Waals surface area contributed by atoms with Crippen molar-refractivity contribution in [1.82, 2.24) is 9.80 Å². The van der Waals surface area contributed by atoms with Crippen molar-refractivity contribution in [2.75, 3.05) is 39.3 Å². The van der Waals surface area contributed by atoms with Gasteiger partial charge in [0.05, 0.1) is 6.54 Å². The van der Waals surface area contributed by atoms with Crippen LogP contribution in [0, 0.1) is 6.92 Å². The van der Waals surface area contributed by atoms with E-state index in [1.54, 1.807) is 9.80 Å². The second-order valence-electron chi connectivity index (χ2n) is 5.02. The van der Waals surface area contributed by atoms with E-state index in [0.29, 0.717) is 26.2 Å². The number of aryl methyl sites for hydroxylation is 1. The molecule has 21 heavy (non-hydrogen) atoms. The number of rotatable bonds is 4. The van der Waals surface area contributed by atoms with Gasteiger partial charge >= 0.3 is 0 Å². The van der Waals surface area contributed by atoms with Crippen molar-refractivity contribution in [2.24, 2.45) is 5.73 Å². The molecule has 1 aromatic carbocycles. The highest BCUT2D eigenvalue weighted by Crippen LogP contribution is 2.16. The van der Waals surface area contributed by atoms with Gasteiger partial charge in [-0.3, -0.25) is 9.59 Å². The molecular weight excluding hydrogens is 270 g/mol. The van der Waals surface area contributed by atoms with Crippen LogP contribution in [0.4, 0.5) is 0 Å². The monoisotopic (exact) mass is 291 g/mol. The van der Waals surface area contributed by atoms with Gasteiger partial charge in [-0.1, -0.05) is 18.2 Å². The minimum absolute atomic E-state index is 0.0182. The van der Waals surface area contributed by atoms with Crippen LogP contribution in [0.15, 0.2) is 24.3 Å².